The molecule has 4 atom stereocenters. The van der Waals surface area contributed by atoms with Crippen LogP contribution in [0.25, 0.3) is 0 Å². The zero-order valence-electron chi connectivity index (χ0n) is 20.5. The topological polar surface area (TPSA) is 101 Å². The number of likely N-dealkylation sites (tertiary alicyclic amines) is 1. The Bertz CT molecular complexity index is 1490. The number of nitrogens with zero attached hydrogens (tertiary/aromatic N) is 1. The van der Waals surface area contributed by atoms with Crippen LogP contribution in [0.3, 0.4) is 0 Å². The Morgan fingerprint density at radius 3 is 2.68 bits per heavy atom. The first-order valence-corrected chi connectivity index (χ1v) is 14.2. The molecule has 0 unspecified atom stereocenters. The van der Waals surface area contributed by atoms with Gasteiger partial charge in [-0.3, -0.25) is 24.1 Å². The Morgan fingerprint density at radius 2 is 1.95 bits per heavy atom. The summed E-state index contributed by atoms with van der Waals surface area (Å²) in [5.74, 6) is -2.78. The number of aromatic hydroxyl groups is 1. The van der Waals surface area contributed by atoms with Crippen molar-refractivity contribution < 1.29 is 29.0 Å². The van der Waals surface area contributed by atoms with Crippen LogP contribution in [0.2, 0.25) is 0 Å². The minimum atomic E-state index is -0.602. The Hall–Kier alpha value is -3.30. The van der Waals surface area contributed by atoms with Crippen molar-refractivity contribution in [1.82, 2.24) is 4.90 Å². The van der Waals surface area contributed by atoms with E-state index < -0.39 is 23.7 Å². The second-order valence-electron chi connectivity index (χ2n) is 9.90. The van der Waals surface area contributed by atoms with E-state index in [-0.39, 0.29) is 52.3 Å². The lowest BCUT2D eigenvalue weighted by Gasteiger charge is -2.42. The molecule has 38 heavy (non-hydrogen) atoms. The van der Waals surface area contributed by atoms with Gasteiger partial charge in [0.15, 0.2) is 23.1 Å². The van der Waals surface area contributed by atoms with Crippen molar-refractivity contribution >= 4 is 50.6 Å². The fourth-order valence-electron chi connectivity index (χ4n) is 6.35. The number of phenols is 1. The largest absolute Gasteiger partial charge is 0.504 e. The molecule has 1 aliphatic heterocycles. The number of fused-ring (bicyclic) bond motifs is 3. The van der Waals surface area contributed by atoms with Crippen molar-refractivity contribution in [2.45, 2.75) is 32.2 Å². The summed E-state index contributed by atoms with van der Waals surface area (Å²) in [6.07, 6.45) is 3.89. The average molecular weight is 594 g/mol. The number of hydrogen-bond donors (Lipinski definition) is 1. The number of allylic oxidation sites excluding steroid dienone is 6. The van der Waals surface area contributed by atoms with Gasteiger partial charge in [0.1, 0.15) is 0 Å². The molecule has 4 aliphatic rings. The maximum atomic E-state index is 13.8. The van der Waals surface area contributed by atoms with Crippen LogP contribution in [0.5, 0.6) is 11.5 Å². The maximum absolute atomic E-state index is 13.8. The molecule has 7 nitrogen and oxygen atoms in total. The summed E-state index contributed by atoms with van der Waals surface area (Å²) < 4.78 is 5.80. The molecule has 1 fully saturated rings. The quantitative estimate of drug-likeness (QED) is 0.303. The predicted molar refractivity (Wildman–Crippen MR) is 144 cm³/mol. The second-order valence-corrected chi connectivity index (χ2v) is 11.8. The van der Waals surface area contributed by atoms with Gasteiger partial charge in [-0.1, -0.05) is 23.8 Å². The van der Waals surface area contributed by atoms with Crippen molar-refractivity contribution in [3.05, 3.63) is 79.5 Å². The number of hydrogen-bond acceptors (Lipinski definition) is 7. The number of halogens is 1. The first-order valence-electron chi connectivity index (χ1n) is 12.5. The van der Waals surface area contributed by atoms with Gasteiger partial charge in [0.05, 0.1) is 29.5 Å². The number of carbonyl (C=O) groups excluding carboxylic acids is 4. The maximum Gasteiger partial charge on any atom is 0.234 e. The molecule has 3 aliphatic carbocycles. The van der Waals surface area contributed by atoms with Crippen molar-refractivity contribution in [3.63, 3.8) is 0 Å². The Labute approximate surface area is 231 Å². The zero-order valence-corrected chi connectivity index (χ0v) is 22.9. The van der Waals surface area contributed by atoms with Crippen LogP contribution in [0, 0.1) is 17.8 Å². The molecule has 0 bridgehead atoms. The van der Waals surface area contributed by atoms with Crippen molar-refractivity contribution in [2.75, 3.05) is 6.61 Å². The first kappa shape index (κ1) is 25.0. The third-order valence-electron chi connectivity index (χ3n) is 7.93. The Balaban J connectivity index is 1.46. The molecule has 2 aromatic rings. The lowest BCUT2D eigenvalue weighted by atomic mass is 9.59. The summed E-state index contributed by atoms with van der Waals surface area (Å²) in [6, 6.07) is 8.73. The number of carbonyl (C=O) groups is 4. The lowest BCUT2D eigenvalue weighted by molar-refractivity contribution is -0.140. The molecule has 1 saturated heterocycles. The predicted octanol–water partition coefficient (Wildman–Crippen LogP) is 4.81. The number of amides is 2. The summed E-state index contributed by atoms with van der Waals surface area (Å²) >= 11 is 4.74. The zero-order chi connectivity index (χ0) is 26.7. The Morgan fingerprint density at radius 1 is 1.13 bits per heavy atom. The molecule has 9 heteroatoms. The van der Waals surface area contributed by atoms with Gasteiger partial charge in [-0.05, 0) is 70.8 Å². The number of rotatable bonds is 5. The van der Waals surface area contributed by atoms with E-state index in [0.717, 1.165) is 10.5 Å². The summed E-state index contributed by atoms with van der Waals surface area (Å²) in [4.78, 5) is 56.1. The molecular weight excluding hydrogens is 570 g/mol. The fourth-order valence-corrected chi connectivity index (χ4v) is 7.49. The van der Waals surface area contributed by atoms with Crippen LogP contribution >= 0.6 is 27.3 Å². The van der Waals surface area contributed by atoms with Gasteiger partial charge in [-0.2, -0.15) is 0 Å². The lowest BCUT2D eigenvalue weighted by Crippen LogP contribution is -2.39. The summed E-state index contributed by atoms with van der Waals surface area (Å²) in [5.41, 5.74) is 2.32. The van der Waals surface area contributed by atoms with E-state index in [1.807, 2.05) is 30.5 Å². The highest BCUT2D eigenvalue weighted by molar-refractivity contribution is 9.12. The van der Waals surface area contributed by atoms with Crippen molar-refractivity contribution in [3.8, 4) is 11.5 Å². The summed E-state index contributed by atoms with van der Waals surface area (Å²) in [7, 11) is 0. The van der Waals surface area contributed by atoms with Gasteiger partial charge in [0.25, 0.3) is 0 Å². The molecule has 1 aromatic carbocycles. The van der Waals surface area contributed by atoms with Gasteiger partial charge in [0.2, 0.25) is 11.8 Å². The molecular formula is C29H24BrNO6S. The van der Waals surface area contributed by atoms with Crippen LogP contribution in [0.4, 0.5) is 0 Å². The average Bonchev–Trinajstić information content (AvgIpc) is 3.50. The number of phenolic OH excluding ortho intramolecular Hbond substituents is 1. The summed E-state index contributed by atoms with van der Waals surface area (Å²) in [6.45, 7) is 2.39. The first-order chi connectivity index (χ1) is 18.3. The molecule has 1 aromatic heterocycles. The van der Waals surface area contributed by atoms with E-state index in [1.165, 1.54) is 28.4 Å². The second kappa shape index (κ2) is 9.47. The highest BCUT2D eigenvalue weighted by Crippen LogP contribution is 2.55. The van der Waals surface area contributed by atoms with Crippen LogP contribution in [0.15, 0.2) is 69.1 Å². The van der Waals surface area contributed by atoms with Crippen LogP contribution in [-0.4, -0.2) is 40.0 Å². The number of ketones is 2. The molecule has 6 rings (SSSR count). The third-order valence-corrected chi connectivity index (χ3v) is 9.38. The molecule has 0 spiro atoms. The van der Waals surface area contributed by atoms with Crippen LogP contribution in [0.1, 0.15) is 36.1 Å². The third kappa shape index (κ3) is 3.82. The number of imide groups is 1. The van der Waals surface area contributed by atoms with E-state index >= 15 is 0 Å². The highest BCUT2D eigenvalue weighted by Gasteiger charge is 2.56. The minimum absolute atomic E-state index is 0.0238. The standard InChI is InChI=1S/C29H24BrNO6S/c1-2-37-23-10-14(5-8-21(23)32)24-16-6-7-17-25(29(36)31(28(17)35)13-15-4-3-9-38-15)18(16)11-19-26(24)22(33)12-20(30)27(19)34/h3-6,8-10,12,17-18,24-25,32H,2,7,11,13H2,1H3/t17-,18+,24-,25-/m0/s1. The number of benzene rings is 1. The number of ether oxygens (including phenoxy) is 1. The highest BCUT2D eigenvalue weighted by atomic mass is 79.9. The van der Waals surface area contributed by atoms with E-state index in [0.29, 0.717) is 29.7 Å². The van der Waals surface area contributed by atoms with E-state index in [2.05, 4.69) is 15.9 Å². The van der Waals surface area contributed by atoms with E-state index in [1.54, 1.807) is 12.1 Å². The van der Waals surface area contributed by atoms with Gasteiger partial charge >= 0.3 is 0 Å². The SMILES string of the molecule is CCOc1cc([C@H]2C3=CC[C@@H]4C(=O)N(Cc5cccs5)C(=O)[C@@H]4[C@@H]3CC3=C2C(=O)C=C(Br)C3=O)ccc1O. The fraction of sp³-hybridized carbons (Fsp3) is 0.310. The Kier molecular flexibility index (Phi) is 6.23. The molecule has 2 amide bonds. The molecule has 0 radical (unpaired) electrons. The van der Waals surface area contributed by atoms with Gasteiger partial charge < -0.3 is 9.84 Å². The van der Waals surface area contributed by atoms with Crippen LogP contribution in [-0.2, 0) is 25.7 Å². The minimum Gasteiger partial charge on any atom is -0.504 e. The molecule has 0 saturated carbocycles. The normalized spacial score (nSPS) is 26.6. The number of Topliss-reactive ketones (excluding diaryl/α,β-unsaturated/α-hetero) is 1. The van der Waals surface area contributed by atoms with E-state index in [9.17, 15) is 24.3 Å². The van der Waals surface area contributed by atoms with E-state index in [4.69, 9.17) is 4.74 Å². The summed E-state index contributed by atoms with van der Waals surface area (Å²) in [5, 5.41) is 12.2. The number of thiophene rings is 1. The molecule has 2 heterocycles. The smallest absolute Gasteiger partial charge is 0.234 e. The monoisotopic (exact) mass is 593 g/mol. The molecule has 194 valence electrons. The van der Waals surface area contributed by atoms with Gasteiger partial charge in [0, 0.05) is 28.0 Å². The molecule has 1 N–H and O–H groups in total. The van der Waals surface area contributed by atoms with Crippen molar-refractivity contribution in [2.24, 2.45) is 17.8 Å². The van der Waals surface area contributed by atoms with Crippen LogP contribution < -0.4 is 4.74 Å². The van der Waals surface area contributed by atoms with Gasteiger partial charge in [-0.25, -0.2) is 0 Å². The van der Waals surface area contributed by atoms with Crippen molar-refractivity contribution in [1.29, 1.82) is 0 Å². The van der Waals surface area contributed by atoms with Gasteiger partial charge in [-0.15, -0.1) is 11.3 Å².